The van der Waals surface area contributed by atoms with E-state index in [9.17, 15) is 19.7 Å². The number of nitrogens with one attached hydrogen (secondary N) is 1. The van der Waals surface area contributed by atoms with E-state index >= 15 is 0 Å². The van der Waals surface area contributed by atoms with Crippen molar-refractivity contribution in [3.05, 3.63) is 33.1 Å². The van der Waals surface area contributed by atoms with E-state index in [1.54, 1.807) is 0 Å². The zero-order valence-electron chi connectivity index (χ0n) is 9.63. The van der Waals surface area contributed by atoms with Crippen molar-refractivity contribution in [2.45, 2.75) is 12.8 Å². The zero-order chi connectivity index (χ0) is 14.4. The number of pyridine rings is 1. The molecule has 19 heavy (non-hydrogen) atoms. The monoisotopic (exact) mass is 287 g/mol. The van der Waals surface area contributed by atoms with E-state index in [4.69, 9.17) is 16.7 Å². The minimum Gasteiger partial charge on any atom is -0.481 e. The lowest BCUT2D eigenvalue weighted by atomic mass is 10.2. The normalized spacial score (nSPS) is 9.95. The summed E-state index contributed by atoms with van der Waals surface area (Å²) in [4.78, 5) is 35.4. The van der Waals surface area contributed by atoms with E-state index in [-0.39, 0.29) is 35.8 Å². The molecule has 1 rings (SSSR count). The minimum atomic E-state index is -0.968. The fourth-order valence-corrected chi connectivity index (χ4v) is 1.42. The van der Waals surface area contributed by atoms with Crippen molar-refractivity contribution in [1.82, 2.24) is 10.3 Å². The van der Waals surface area contributed by atoms with Gasteiger partial charge < -0.3 is 10.4 Å². The molecule has 0 aliphatic carbocycles. The van der Waals surface area contributed by atoms with E-state index < -0.39 is 16.8 Å². The molecule has 0 aliphatic heterocycles. The number of carbonyl (C=O) groups is 2. The number of aliphatic carboxylic acids is 1. The first-order chi connectivity index (χ1) is 8.91. The third kappa shape index (κ3) is 4.51. The Morgan fingerprint density at radius 1 is 1.53 bits per heavy atom. The molecule has 102 valence electrons. The first-order valence-corrected chi connectivity index (χ1v) is 5.59. The Kier molecular flexibility index (Phi) is 5.19. The van der Waals surface area contributed by atoms with Crippen molar-refractivity contribution in [2.75, 3.05) is 6.54 Å². The summed E-state index contributed by atoms with van der Waals surface area (Å²) in [7, 11) is 0. The Morgan fingerprint density at radius 2 is 2.21 bits per heavy atom. The molecule has 1 amide bonds. The SMILES string of the molecule is O=C(O)CCCNC(=O)c1cc([N+](=O)[O-])cnc1Cl. The molecule has 1 aromatic rings. The second-order valence-corrected chi connectivity index (χ2v) is 3.90. The molecule has 0 atom stereocenters. The van der Waals surface area contributed by atoms with Gasteiger partial charge in [-0.2, -0.15) is 0 Å². The van der Waals surface area contributed by atoms with Crippen LogP contribution in [0.25, 0.3) is 0 Å². The number of carboxylic acid groups (broad SMARTS) is 1. The molecule has 0 unspecified atom stereocenters. The van der Waals surface area contributed by atoms with Crippen LogP contribution in [-0.2, 0) is 4.79 Å². The van der Waals surface area contributed by atoms with Crippen LogP contribution >= 0.6 is 11.6 Å². The Balaban J connectivity index is 2.68. The predicted molar refractivity (Wildman–Crippen MR) is 65.1 cm³/mol. The van der Waals surface area contributed by atoms with Crippen LogP contribution in [-0.4, -0.2) is 33.4 Å². The standard InChI is InChI=1S/C10H10ClN3O5/c11-9-7(4-6(5-13-9)14(18)19)10(17)12-3-1-2-8(15)16/h4-5H,1-3H2,(H,12,17)(H,15,16). The zero-order valence-corrected chi connectivity index (χ0v) is 10.4. The van der Waals surface area contributed by atoms with Gasteiger partial charge in [-0.15, -0.1) is 0 Å². The Labute approximate surface area is 112 Å². The largest absolute Gasteiger partial charge is 0.481 e. The van der Waals surface area contributed by atoms with Gasteiger partial charge in [-0.3, -0.25) is 19.7 Å². The summed E-state index contributed by atoms with van der Waals surface area (Å²) in [6, 6.07) is 1.02. The van der Waals surface area contributed by atoms with E-state index in [2.05, 4.69) is 10.3 Å². The average molecular weight is 288 g/mol. The molecule has 0 fully saturated rings. The van der Waals surface area contributed by atoms with E-state index in [0.29, 0.717) is 0 Å². The van der Waals surface area contributed by atoms with Gasteiger partial charge in [0, 0.05) is 19.0 Å². The number of hydrogen-bond donors (Lipinski definition) is 2. The highest BCUT2D eigenvalue weighted by atomic mass is 35.5. The smallest absolute Gasteiger partial charge is 0.303 e. The first-order valence-electron chi connectivity index (χ1n) is 5.21. The second kappa shape index (κ2) is 6.64. The molecule has 1 heterocycles. The van der Waals surface area contributed by atoms with E-state index in [0.717, 1.165) is 12.3 Å². The van der Waals surface area contributed by atoms with Gasteiger partial charge in [0.05, 0.1) is 10.5 Å². The van der Waals surface area contributed by atoms with Crippen molar-refractivity contribution in [1.29, 1.82) is 0 Å². The lowest BCUT2D eigenvalue weighted by Gasteiger charge is -2.05. The number of nitro groups is 1. The number of carboxylic acids is 1. The number of nitrogens with zero attached hydrogens (tertiary/aromatic N) is 2. The van der Waals surface area contributed by atoms with Gasteiger partial charge in [0.2, 0.25) is 0 Å². The number of hydrogen-bond acceptors (Lipinski definition) is 5. The third-order valence-electron chi connectivity index (χ3n) is 2.13. The van der Waals surface area contributed by atoms with Crippen molar-refractivity contribution < 1.29 is 19.6 Å². The summed E-state index contributed by atoms with van der Waals surface area (Å²) < 4.78 is 0. The average Bonchev–Trinajstić information content (AvgIpc) is 2.34. The summed E-state index contributed by atoms with van der Waals surface area (Å²) in [6.45, 7) is 0.129. The molecule has 8 nitrogen and oxygen atoms in total. The molecule has 2 N–H and O–H groups in total. The molecule has 9 heteroatoms. The highest BCUT2D eigenvalue weighted by molar-refractivity contribution is 6.32. The van der Waals surface area contributed by atoms with Crippen molar-refractivity contribution in [3.8, 4) is 0 Å². The van der Waals surface area contributed by atoms with E-state index in [1.165, 1.54) is 0 Å². The maximum absolute atomic E-state index is 11.7. The highest BCUT2D eigenvalue weighted by Crippen LogP contribution is 2.18. The van der Waals surface area contributed by atoms with Crippen LogP contribution in [0, 0.1) is 10.1 Å². The summed E-state index contributed by atoms with van der Waals surface area (Å²) in [6.07, 6.45) is 1.12. The van der Waals surface area contributed by atoms with Gasteiger partial charge >= 0.3 is 5.97 Å². The van der Waals surface area contributed by atoms with Crippen LogP contribution in [0.5, 0.6) is 0 Å². The maximum Gasteiger partial charge on any atom is 0.303 e. The number of aromatic nitrogens is 1. The van der Waals surface area contributed by atoms with Gasteiger partial charge in [-0.1, -0.05) is 11.6 Å². The summed E-state index contributed by atoms with van der Waals surface area (Å²) in [5.74, 6) is -1.60. The molecular weight excluding hydrogens is 278 g/mol. The lowest BCUT2D eigenvalue weighted by molar-refractivity contribution is -0.385. The summed E-state index contributed by atoms with van der Waals surface area (Å²) >= 11 is 5.67. The summed E-state index contributed by atoms with van der Waals surface area (Å²) in [5.41, 5.74) is -0.466. The minimum absolute atomic E-state index is 0.0821. The van der Waals surface area contributed by atoms with Crippen molar-refractivity contribution in [3.63, 3.8) is 0 Å². The van der Waals surface area contributed by atoms with E-state index in [1.807, 2.05) is 0 Å². The molecular formula is C10H10ClN3O5. The first kappa shape index (κ1) is 14.8. The molecule has 0 spiro atoms. The molecule has 0 saturated carbocycles. The molecule has 1 aromatic heterocycles. The Hall–Kier alpha value is -2.22. The van der Waals surface area contributed by atoms with Crippen LogP contribution in [0.4, 0.5) is 5.69 Å². The number of carbonyl (C=O) groups excluding carboxylic acids is 1. The predicted octanol–water partition coefficient (Wildman–Crippen LogP) is 1.24. The number of rotatable bonds is 6. The van der Waals surface area contributed by atoms with Crippen LogP contribution in [0.1, 0.15) is 23.2 Å². The second-order valence-electron chi connectivity index (χ2n) is 3.54. The maximum atomic E-state index is 11.7. The van der Waals surface area contributed by atoms with Crippen LogP contribution in [0.2, 0.25) is 5.15 Å². The van der Waals surface area contributed by atoms with Crippen LogP contribution in [0.15, 0.2) is 12.3 Å². The lowest BCUT2D eigenvalue weighted by Crippen LogP contribution is -2.25. The van der Waals surface area contributed by atoms with Gasteiger partial charge in [0.15, 0.2) is 0 Å². The Morgan fingerprint density at radius 3 is 2.79 bits per heavy atom. The Bertz CT molecular complexity index is 520. The number of amides is 1. The van der Waals surface area contributed by atoms with Crippen molar-refractivity contribution >= 4 is 29.2 Å². The molecule has 0 radical (unpaired) electrons. The molecule has 0 aromatic carbocycles. The van der Waals surface area contributed by atoms with Gasteiger partial charge in [0.1, 0.15) is 11.3 Å². The fraction of sp³-hybridized carbons (Fsp3) is 0.300. The summed E-state index contributed by atoms with van der Waals surface area (Å²) in [5, 5.41) is 21.2. The van der Waals surface area contributed by atoms with Crippen molar-refractivity contribution in [2.24, 2.45) is 0 Å². The topological polar surface area (TPSA) is 122 Å². The van der Waals surface area contributed by atoms with Gasteiger partial charge in [-0.25, -0.2) is 4.98 Å². The fourth-order valence-electron chi connectivity index (χ4n) is 1.23. The molecule has 0 bridgehead atoms. The number of halogens is 1. The highest BCUT2D eigenvalue weighted by Gasteiger charge is 2.16. The quantitative estimate of drug-likeness (QED) is 0.351. The van der Waals surface area contributed by atoms with Crippen LogP contribution < -0.4 is 5.32 Å². The molecule has 0 saturated heterocycles. The van der Waals surface area contributed by atoms with Gasteiger partial charge in [0.25, 0.3) is 11.6 Å². The van der Waals surface area contributed by atoms with Gasteiger partial charge in [-0.05, 0) is 6.42 Å². The molecule has 0 aliphatic rings. The van der Waals surface area contributed by atoms with Crippen LogP contribution in [0.3, 0.4) is 0 Å². The third-order valence-corrected chi connectivity index (χ3v) is 2.43.